The molecule has 6 nitrogen and oxygen atoms in total. The molecule has 0 radical (unpaired) electrons. The molecule has 9 heteroatoms. The highest BCUT2D eigenvalue weighted by molar-refractivity contribution is 9.10. The van der Waals surface area contributed by atoms with Crippen LogP contribution in [0.15, 0.2) is 40.9 Å². The summed E-state index contributed by atoms with van der Waals surface area (Å²) in [6.45, 7) is -0.528. The number of nitrogens with zero attached hydrogens (tertiary/aromatic N) is 2. The van der Waals surface area contributed by atoms with E-state index < -0.39 is 47.4 Å². The van der Waals surface area contributed by atoms with E-state index in [0.717, 1.165) is 17.0 Å². The monoisotopic (exact) mass is 411 g/mol. The number of nitrogen functional groups attached to an aromatic ring is 1. The zero-order valence-electron chi connectivity index (χ0n) is 12.6. The molecule has 1 aliphatic heterocycles. The Balaban J connectivity index is 2.07. The lowest BCUT2D eigenvalue weighted by Gasteiger charge is -2.27. The fraction of sp³-hybridized carbons (Fsp3) is 0.125. The van der Waals surface area contributed by atoms with Gasteiger partial charge in [-0.2, -0.15) is 5.06 Å². The van der Waals surface area contributed by atoms with Gasteiger partial charge in [0, 0.05) is 4.47 Å². The van der Waals surface area contributed by atoms with Gasteiger partial charge in [-0.25, -0.2) is 8.78 Å². The van der Waals surface area contributed by atoms with Crippen LogP contribution in [0.1, 0.15) is 22.1 Å². The zero-order valence-corrected chi connectivity index (χ0v) is 14.2. The van der Waals surface area contributed by atoms with Gasteiger partial charge in [-0.3, -0.25) is 14.8 Å². The second-order valence-corrected chi connectivity index (χ2v) is 6.34. The Morgan fingerprint density at radius 1 is 1.28 bits per heavy atom. The first-order valence-electron chi connectivity index (χ1n) is 7.12. The molecule has 1 saturated heterocycles. The molecule has 1 atom stereocenters. The summed E-state index contributed by atoms with van der Waals surface area (Å²) in [5, 5.41) is 10.4. The molecule has 0 bridgehead atoms. The van der Waals surface area contributed by atoms with Crippen LogP contribution in [0.5, 0.6) is 0 Å². The second kappa shape index (κ2) is 6.41. The molecule has 3 N–H and O–H groups in total. The van der Waals surface area contributed by atoms with Crippen molar-refractivity contribution in [3.8, 4) is 0 Å². The quantitative estimate of drug-likeness (QED) is 0.587. The first kappa shape index (κ1) is 17.3. The van der Waals surface area contributed by atoms with Crippen LogP contribution >= 0.6 is 15.9 Å². The molecule has 0 saturated carbocycles. The summed E-state index contributed by atoms with van der Waals surface area (Å²) >= 11 is 3.25. The summed E-state index contributed by atoms with van der Waals surface area (Å²) in [6, 6.07) is 8.38. The number of hydrogen-bond acceptors (Lipinski definition) is 4. The fourth-order valence-corrected chi connectivity index (χ4v) is 3.07. The molecule has 1 fully saturated rings. The van der Waals surface area contributed by atoms with Crippen molar-refractivity contribution < 1.29 is 23.6 Å². The Morgan fingerprint density at radius 2 is 2.00 bits per heavy atom. The molecule has 2 aromatic rings. The summed E-state index contributed by atoms with van der Waals surface area (Å²) < 4.78 is 28.8. The van der Waals surface area contributed by atoms with E-state index in [-0.39, 0.29) is 0 Å². The van der Waals surface area contributed by atoms with Crippen molar-refractivity contribution in [2.45, 2.75) is 6.17 Å². The Morgan fingerprint density at radius 3 is 2.68 bits per heavy atom. The maximum atomic E-state index is 14.2. The number of hydroxylamine groups is 2. The Bertz CT molecular complexity index is 878. The topological polar surface area (TPSA) is 86.9 Å². The highest BCUT2D eigenvalue weighted by Crippen LogP contribution is 2.33. The van der Waals surface area contributed by atoms with Gasteiger partial charge in [0.25, 0.3) is 11.8 Å². The number of hydrogen-bond donors (Lipinski definition) is 2. The largest absolute Gasteiger partial charge is 0.396 e. The average Bonchev–Trinajstić information content (AvgIpc) is 2.87. The third-order valence-electron chi connectivity index (χ3n) is 3.83. The minimum atomic E-state index is -1.21. The van der Waals surface area contributed by atoms with Crippen LogP contribution in [0, 0.1) is 11.6 Å². The normalized spacial score (nSPS) is 17.3. The SMILES string of the molecule is Nc1ccc(F)c(C(=O)N2CC(=O)N(O)C2c2cccc(Br)c2)c1F. The van der Waals surface area contributed by atoms with Gasteiger partial charge in [-0.1, -0.05) is 28.1 Å². The fourth-order valence-electron chi connectivity index (χ4n) is 2.65. The summed E-state index contributed by atoms with van der Waals surface area (Å²) in [7, 11) is 0. The van der Waals surface area contributed by atoms with E-state index in [9.17, 15) is 23.6 Å². The number of rotatable bonds is 2. The molecule has 0 aliphatic carbocycles. The van der Waals surface area contributed by atoms with Gasteiger partial charge in [0.1, 0.15) is 17.9 Å². The predicted molar refractivity (Wildman–Crippen MR) is 87.3 cm³/mol. The summed E-state index contributed by atoms with van der Waals surface area (Å²) in [5.41, 5.74) is 4.52. The third kappa shape index (κ3) is 2.96. The minimum absolute atomic E-state index is 0.363. The molecule has 3 rings (SSSR count). The Hall–Kier alpha value is -2.52. The maximum Gasteiger partial charge on any atom is 0.267 e. The molecule has 0 aromatic heterocycles. The van der Waals surface area contributed by atoms with Crippen molar-refractivity contribution in [1.82, 2.24) is 9.96 Å². The minimum Gasteiger partial charge on any atom is -0.396 e. The molecule has 130 valence electrons. The smallest absolute Gasteiger partial charge is 0.267 e. The van der Waals surface area contributed by atoms with E-state index in [1.807, 2.05) is 0 Å². The van der Waals surface area contributed by atoms with Crippen LogP contribution in [0.2, 0.25) is 0 Å². The van der Waals surface area contributed by atoms with Crippen molar-refractivity contribution >= 4 is 33.4 Å². The van der Waals surface area contributed by atoms with Gasteiger partial charge in [0.2, 0.25) is 0 Å². The lowest BCUT2D eigenvalue weighted by atomic mass is 10.1. The van der Waals surface area contributed by atoms with E-state index in [1.54, 1.807) is 24.3 Å². The third-order valence-corrected chi connectivity index (χ3v) is 4.32. The zero-order chi connectivity index (χ0) is 18.3. The lowest BCUT2D eigenvalue weighted by molar-refractivity contribution is -0.168. The number of halogens is 3. The number of carbonyl (C=O) groups is 2. The summed E-state index contributed by atoms with van der Waals surface area (Å²) in [4.78, 5) is 25.5. The van der Waals surface area contributed by atoms with Crippen molar-refractivity contribution in [1.29, 1.82) is 0 Å². The molecule has 1 heterocycles. The van der Waals surface area contributed by atoms with Crippen molar-refractivity contribution in [3.63, 3.8) is 0 Å². The standard InChI is InChI=1S/C16H12BrF2N3O3/c17-9-3-1-2-8(6-9)15-21(7-12(23)22(15)25)16(24)13-10(18)4-5-11(20)14(13)19/h1-6,15,25H,7,20H2. The van der Waals surface area contributed by atoms with E-state index in [2.05, 4.69) is 15.9 Å². The van der Waals surface area contributed by atoms with E-state index in [4.69, 9.17) is 5.73 Å². The van der Waals surface area contributed by atoms with Gasteiger partial charge < -0.3 is 10.6 Å². The highest BCUT2D eigenvalue weighted by Gasteiger charge is 2.43. The van der Waals surface area contributed by atoms with Crippen LogP contribution in [0.3, 0.4) is 0 Å². The van der Waals surface area contributed by atoms with E-state index in [0.29, 0.717) is 15.1 Å². The van der Waals surface area contributed by atoms with Gasteiger partial charge >= 0.3 is 0 Å². The predicted octanol–water partition coefficient (Wildman–Crippen LogP) is 2.68. The van der Waals surface area contributed by atoms with Crippen molar-refractivity contribution in [3.05, 3.63) is 63.6 Å². The molecule has 2 aromatic carbocycles. The first-order chi connectivity index (χ1) is 11.8. The number of amides is 2. The summed E-state index contributed by atoms with van der Waals surface area (Å²) in [5.74, 6) is -4.17. The number of anilines is 1. The van der Waals surface area contributed by atoms with Gasteiger partial charge in [0.15, 0.2) is 12.0 Å². The molecule has 1 aliphatic rings. The van der Waals surface area contributed by atoms with Gasteiger partial charge in [0.05, 0.1) is 5.69 Å². The molecule has 1 unspecified atom stereocenters. The molecular weight excluding hydrogens is 400 g/mol. The van der Waals surface area contributed by atoms with Crippen LogP contribution < -0.4 is 5.73 Å². The van der Waals surface area contributed by atoms with Gasteiger partial charge in [-0.05, 0) is 29.8 Å². The average molecular weight is 412 g/mol. The molecular formula is C16H12BrF2N3O3. The molecule has 2 amide bonds. The number of nitrogens with two attached hydrogens (primary N) is 1. The molecule has 0 spiro atoms. The number of benzene rings is 2. The first-order valence-corrected chi connectivity index (χ1v) is 7.91. The lowest BCUT2D eigenvalue weighted by Crippen LogP contribution is -2.35. The van der Waals surface area contributed by atoms with Crippen molar-refractivity contribution in [2.75, 3.05) is 12.3 Å². The highest BCUT2D eigenvalue weighted by atomic mass is 79.9. The summed E-state index contributed by atoms with van der Waals surface area (Å²) in [6.07, 6.45) is -1.21. The van der Waals surface area contributed by atoms with Crippen LogP contribution in [-0.2, 0) is 4.79 Å². The van der Waals surface area contributed by atoms with Crippen LogP contribution in [0.4, 0.5) is 14.5 Å². The second-order valence-electron chi connectivity index (χ2n) is 5.43. The van der Waals surface area contributed by atoms with Crippen molar-refractivity contribution in [2.24, 2.45) is 0 Å². The van der Waals surface area contributed by atoms with E-state index >= 15 is 0 Å². The van der Waals surface area contributed by atoms with E-state index in [1.165, 1.54) is 0 Å². The number of carbonyl (C=O) groups excluding carboxylic acids is 2. The molecule has 25 heavy (non-hydrogen) atoms. The maximum absolute atomic E-state index is 14.2. The van der Waals surface area contributed by atoms with Crippen LogP contribution in [0.25, 0.3) is 0 Å². The van der Waals surface area contributed by atoms with Gasteiger partial charge in [-0.15, -0.1) is 0 Å². The Kier molecular flexibility index (Phi) is 4.44. The van der Waals surface area contributed by atoms with Crippen LogP contribution in [-0.4, -0.2) is 33.5 Å². The Labute approximate surface area is 149 Å².